The fourth-order valence-electron chi connectivity index (χ4n) is 5.83. The second-order valence-corrected chi connectivity index (χ2v) is 15.3. The minimum absolute atomic E-state index is 0.0887. The van der Waals surface area contributed by atoms with Crippen LogP contribution in [0.3, 0.4) is 0 Å². The fraction of sp³-hybridized carbons (Fsp3) is 0.136. The minimum atomic E-state index is -4.06. The zero-order chi connectivity index (χ0) is 43.5. The molecule has 0 fully saturated rings. The first-order valence-electron chi connectivity index (χ1n) is 18.2. The van der Waals surface area contributed by atoms with Gasteiger partial charge in [-0.2, -0.15) is 0 Å². The number of non-ortho nitro benzene ring substituents is 2. The smallest absolute Gasteiger partial charge is 0.343 e. The minimum Gasteiger partial charge on any atom is -0.497 e. The zero-order valence-electron chi connectivity index (χ0n) is 32.4. The molecule has 6 aromatic carbocycles. The average Bonchev–Trinajstić information content (AvgIpc) is 3.27. The lowest BCUT2D eigenvalue weighted by atomic mass is 10.1. The van der Waals surface area contributed by atoms with Crippen molar-refractivity contribution in [2.45, 2.75) is 12.2 Å². The molecule has 2 unspecified atom stereocenters. The van der Waals surface area contributed by atoms with Gasteiger partial charge in [-0.15, -0.1) is 0 Å². The number of ether oxygens (including phenoxy) is 6. The maximum Gasteiger partial charge on any atom is 0.343 e. The van der Waals surface area contributed by atoms with Gasteiger partial charge in [0.2, 0.25) is 0 Å². The Bertz CT molecular complexity index is 2410. The van der Waals surface area contributed by atoms with E-state index in [-0.39, 0.29) is 34.0 Å². The molecule has 0 aliphatic heterocycles. The highest BCUT2D eigenvalue weighted by molar-refractivity contribution is 7.91. The van der Waals surface area contributed by atoms with Crippen LogP contribution in [0.1, 0.15) is 44.1 Å². The Kier molecular flexibility index (Phi) is 13.5. The number of carbonyl (C=O) groups is 2. The van der Waals surface area contributed by atoms with Crippen LogP contribution in [0.5, 0.6) is 34.5 Å². The van der Waals surface area contributed by atoms with Crippen LogP contribution >= 0.6 is 0 Å². The fourth-order valence-corrected chi connectivity index (χ4v) is 7.41. The molecule has 0 saturated heterocycles. The molecule has 17 heteroatoms. The Morgan fingerprint density at radius 1 is 0.475 bits per heavy atom. The van der Waals surface area contributed by atoms with Crippen LogP contribution in [-0.4, -0.2) is 55.9 Å². The predicted octanol–water partition coefficient (Wildman–Crippen LogP) is 8.31. The van der Waals surface area contributed by atoms with E-state index in [1.165, 1.54) is 87.0 Å². The molecule has 0 saturated carbocycles. The molecule has 61 heavy (non-hydrogen) atoms. The normalized spacial score (nSPS) is 12.0. The lowest BCUT2D eigenvalue weighted by molar-refractivity contribution is -0.385. The number of methoxy groups -OCH3 is 2. The highest BCUT2D eigenvalue weighted by Crippen LogP contribution is 2.31. The van der Waals surface area contributed by atoms with E-state index < -0.39 is 55.3 Å². The number of hydrogen-bond acceptors (Lipinski definition) is 14. The van der Waals surface area contributed by atoms with Crippen molar-refractivity contribution in [2.75, 3.05) is 25.7 Å². The van der Waals surface area contributed by atoms with Gasteiger partial charge in [-0.25, -0.2) is 18.0 Å². The molecule has 2 atom stereocenters. The summed E-state index contributed by atoms with van der Waals surface area (Å²) in [6.07, 6.45) is -2.14. The van der Waals surface area contributed by atoms with Gasteiger partial charge in [0, 0.05) is 24.3 Å². The van der Waals surface area contributed by atoms with Gasteiger partial charge in [-0.05, 0) is 108 Å². The third-order valence-electron chi connectivity index (χ3n) is 9.04. The summed E-state index contributed by atoms with van der Waals surface area (Å²) in [7, 11) is -1.04. The van der Waals surface area contributed by atoms with E-state index in [2.05, 4.69) is 0 Å². The van der Waals surface area contributed by atoms with E-state index in [0.29, 0.717) is 34.1 Å². The molecule has 312 valence electrons. The largest absolute Gasteiger partial charge is 0.497 e. The van der Waals surface area contributed by atoms with Crippen LogP contribution in [0, 0.1) is 20.2 Å². The first kappa shape index (κ1) is 42.8. The molecule has 0 N–H and O–H groups in total. The summed E-state index contributed by atoms with van der Waals surface area (Å²) in [5.41, 5.74) is 0.673. The molecule has 0 radical (unpaired) electrons. The monoisotopic (exact) mass is 848 g/mol. The SMILES string of the molecule is COc1ccc(OC(CS(=O)(=O)CC(Oc2ccc(OC)cc2)c2ccc(OC(=O)c3ccc([N+](=O)[O-])cc3)cc2)c2ccc(OC(=O)c3ccc([N+](=O)[O-])cc3)cc2)cc1. The van der Waals surface area contributed by atoms with Crippen LogP contribution in [0.25, 0.3) is 0 Å². The molecule has 0 spiro atoms. The number of benzene rings is 6. The summed E-state index contributed by atoms with van der Waals surface area (Å²) in [4.78, 5) is 46.4. The summed E-state index contributed by atoms with van der Waals surface area (Å²) in [6.45, 7) is 0. The van der Waals surface area contributed by atoms with Crippen molar-refractivity contribution >= 4 is 33.2 Å². The third-order valence-corrected chi connectivity index (χ3v) is 10.7. The van der Waals surface area contributed by atoms with Crippen molar-refractivity contribution in [1.82, 2.24) is 0 Å². The van der Waals surface area contributed by atoms with Gasteiger partial charge in [0.25, 0.3) is 11.4 Å². The summed E-state index contributed by atoms with van der Waals surface area (Å²) in [5, 5.41) is 22.0. The molecule has 0 bridgehead atoms. The Morgan fingerprint density at radius 3 is 1.07 bits per heavy atom. The molecular weight excluding hydrogens is 813 g/mol. The number of esters is 2. The van der Waals surface area contributed by atoms with Gasteiger partial charge < -0.3 is 28.4 Å². The van der Waals surface area contributed by atoms with Gasteiger partial charge in [0.1, 0.15) is 46.7 Å². The van der Waals surface area contributed by atoms with E-state index in [9.17, 15) is 38.2 Å². The van der Waals surface area contributed by atoms with Crippen molar-refractivity contribution in [2.24, 2.45) is 0 Å². The second-order valence-electron chi connectivity index (χ2n) is 13.2. The highest BCUT2D eigenvalue weighted by Gasteiger charge is 2.29. The van der Waals surface area contributed by atoms with E-state index in [1.54, 1.807) is 72.8 Å². The molecular formula is C44H36N2O14S. The number of nitrogens with zero attached hydrogens (tertiary/aromatic N) is 2. The molecule has 6 aromatic rings. The predicted molar refractivity (Wildman–Crippen MR) is 220 cm³/mol. The summed E-state index contributed by atoms with van der Waals surface area (Å²) < 4.78 is 62.4. The van der Waals surface area contributed by atoms with E-state index >= 15 is 0 Å². The molecule has 16 nitrogen and oxygen atoms in total. The standard InChI is InChI=1S/C44H36N2O14S/c1-55-35-19-23-37(24-20-35)57-41(29-7-15-39(16-8-29)59-43(47)31-3-11-33(12-4-31)45(49)50)27-61(53,54)28-42(58-38-25-21-36(56-2)22-26-38)30-9-17-40(18-10-30)60-44(48)32-5-13-34(14-6-32)46(51)52/h3-26,41-42H,27-28H2,1-2H3. The number of carbonyl (C=O) groups excluding carboxylic acids is 2. The van der Waals surface area contributed by atoms with Crippen LogP contribution in [0.2, 0.25) is 0 Å². The van der Waals surface area contributed by atoms with E-state index in [1.807, 2.05) is 0 Å². The van der Waals surface area contributed by atoms with Crippen molar-refractivity contribution in [3.63, 3.8) is 0 Å². The highest BCUT2D eigenvalue weighted by atomic mass is 32.2. The molecule has 0 aliphatic carbocycles. The number of sulfone groups is 1. The lowest BCUT2D eigenvalue weighted by Gasteiger charge is -2.23. The van der Waals surface area contributed by atoms with Crippen LogP contribution < -0.4 is 28.4 Å². The zero-order valence-corrected chi connectivity index (χ0v) is 33.3. The maximum absolute atomic E-state index is 14.2. The number of nitro benzene ring substituents is 2. The van der Waals surface area contributed by atoms with Crippen molar-refractivity contribution < 1.29 is 56.3 Å². The quantitative estimate of drug-likeness (QED) is 0.0345. The van der Waals surface area contributed by atoms with Crippen LogP contribution in [0.4, 0.5) is 11.4 Å². The summed E-state index contributed by atoms with van der Waals surface area (Å²) in [5.74, 6) is -0.476. The van der Waals surface area contributed by atoms with Crippen molar-refractivity contribution in [1.29, 1.82) is 0 Å². The first-order valence-corrected chi connectivity index (χ1v) is 20.1. The van der Waals surface area contributed by atoms with Crippen molar-refractivity contribution in [3.05, 3.63) is 188 Å². The lowest BCUT2D eigenvalue weighted by Crippen LogP contribution is -2.26. The first-order chi connectivity index (χ1) is 29.3. The third kappa shape index (κ3) is 11.7. The number of hydrogen-bond donors (Lipinski definition) is 0. The topological polar surface area (TPSA) is 210 Å². The summed E-state index contributed by atoms with van der Waals surface area (Å²) in [6, 6.07) is 35.1. The van der Waals surface area contributed by atoms with E-state index in [4.69, 9.17) is 28.4 Å². The Labute approximate surface area is 349 Å². The van der Waals surface area contributed by atoms with Crippen LogP contribution in [0.15, 0.2) is 146 Å². The Morgan fingerprint density at radius 2 is 0.770 bits per heavy atom. The Balaban J connectivity index is 1.23. The molecule has 0 heterocycles. The van der Waals surface area contributed by atoms with Gasteiger partial charge >= 0.3 is 11.9 Å². The van der Waals surface area contributed by atoms with E-state index in [0.717, 1.165) is 0 Å². The molecule has 0 aliphatic rings. The second kappa shape index (κ2) is 19.3. The Hall–Kier alpha value is -7.79. The summed E-state index contributed by atoms with van der Waals surface area (Å²) >= 11 is 0. The molecule has 0 aromatic heterocycles. The maximum atomic E-state index is 14.2. The molecule has 6 rings (SSSR count). The van der Waals surface area contributed by atoms with Gasteiger partial charge in [-0.3, -0.25) is 20.2 Å². The number of rotatable bonds is 18. The number of nitro groups is 2. The van der Waals surface area contributed by atoms with Gasteiger partial charge in [-0.1, -0.05) is 24.3 Å². The van der Waals surface area contributed by atoms with Gasteiger partial charge in [0.05, 0.1) is 46.7 Å². The van der Waals surface area contributed by atoms with Crippen molar-refractivity contribution in [3.8, 4) is 34.5 Å². The van der Waals surface area contributed by atoms with Crippen LogP contribution in [-0.2, 0) is 9.84 Å². The van der Waals surface area contributed by atoms with Gasteiger partial charge in [0.15, 0.2) is 9.84 Å². The average molecular weight is 849 g/mol. The molecule has 0 amide bonds.